The number of ether oxygens (including phenoxy) is 3. The normalized spacial score (nSPS) is 22.0. The average molecular weight is 628 g/mol. The van der Waals surface area contributed by atoms with Crippen molar-refractivity contribution in [1.82, 2.24) is 20.3 Å². The number of benzene rings is 2. The van der Waals surface area contributed by atoms with Gasteiger partial charge in [0.15, 0.2) is 12.1 Å². The molecule has 8 nitrogen and oxygen atoms in total. The summed E-state index contributed by atoms with van der Waals surface area (Å²) >= 11 is 0. The molecule has 14 heteroatoms. The molecule has 44 heavy (non-hydrogen) atoms. The summed E-state index contributed by atoms with van der Waals surface area (Å²) in [4.78, 5) is 4.27. The van der Waals surface area contributed by atoms with Crippen LogP contribution in [0.15, 0.2) is 48.5 Å². The molecule has 3 atom stereocenters. The predicted molar refractivity (Wildman–Crippen MR) is 149 cm³/mol. The number of hydrogen-bond acceptors (Lipinski definition) is 7. The molecular weight excluding hydrogens is 592 g/mol. The van der Waals surface area contributed by atoms with Gasteiger partial charge in [0.2, 0.25) is 0 Å². The minimum Gasteiger partial charge on any atom is -0.383 e. The van der Waals surface area contributed by atoms with Crippen LogP contribution in [0.4, 0.5) is 32.2 Å². The molecule has 2 aliphatic rings. The van der Waals surface area contributed by atoms with E-state index in [4.69, 9.17) is 14.2 Å². The Morgan fingerprint density at radius 1 is 1.05 bits per heavy atom. The van der Waals surface area contributed by atoms with E-state index < -0.39 is 41.4 Å². The summed E-state index contributed by atoms with van der Waals surface area (Å²) < 4.78 is 99.2. The van der Waals surface area contributed by atoms with Crippen molar-refractivity contribution in [2.75, 3.05) is 38.3 Å². The standard InChI is InChI=1S/C30H35F6N5O3/c1-19(20-15-22(29(31,32)33)17-23(16-20)30(34,35)36)44-27-28(2,21-7-5-4-6-8-21)41(12-14-43-27)26-25(37-39-38-26)18-40(11-13-42-3)24-9-10-24/h4-8,15-17,19,24,27H,9-14,18H2,1-3H3,(H,37,38,39)/t19-,27-,28+/m1/s1. The first-order valence-electron chi connectivity index (χ1n) is 14.3. The molecule has 0 bridgehead atoms. The van der Waals surface area contributed by atoms with Gasteiger partial charge < -0.3 is 19.1 Å². The molecule has 0 unspecified atom stereocenters. The van der Waals surface area contributed by atoms with E-state index >= 15 is 0 Å². The van der Waals surface area contributed by atoms with Crippen molar-refractivity contribution in [3.05, 3.63) is 76.5 Å². The van der Waals surface area contributed by atoms with Crippen molar-refractivity contribution < 1.29 is 40.6 Å². The van der Waals surface area contributed by atoms with E-state index in [1.54, 1.807) is 7.11 Å². The lowest BCUT2D eigenvalue weighted by Crippen LogP contribution is -2.60. The number of anilines is 1. The van der Waals surface area contributed by atoms with E-state index in [-0.39, 0.29) is 18.2 Å². The fourth-order valence-electron chi connectivity index (χ4n) is 5.62. The number of morpholine rings is 1. The third-order valence-electron chi connectivity index (χ3n) is 8.22. The summed E-state index contributed by atoms with van der Waals surface area (Å²) in [6.45, 7) is 5.59. The Labute approximate surface area is 251 Å². The Bertz CT molecular complexity index is 1370. The molecule has 5 rings (SSSR count). The third-order valence-corrected chi connectivity index (χ3v) is 8.22. The monoisotopic (exact) mass is 627 g/mol. The van der Waals surface area contributed by atoms with Crippen LogP contribution in [-0.2, 0) is 38.6 Å². The quantitative estimate of drug-likeness (QED) is 0.250. The highest BCUT2D eigenvalue weighted by atomic mass is 19.4. The maximum atomic E-state index is 13.6. The van der Waals surface area contributed by atoms with Crippen molar-refractivity contribution in [3.8, 4) is 0 Å². The number of alkyl halides is 6. The van der Waals surface area contributed by atoms with Crippen molar-refractivity contribution in [1.29, 1.82) is 0 Å². The largest absolute Gasteiger partial charge is 0.416 e. The van der Waals surface area contributed by atoms with Gasteiger partial charge in [-0.3, -0.25) is 4.90 Å². The van der Waals surface area contributed by atoms with E-state index in [9.17, 15) is 26.3 Å². The molecule has 1 aliphatic carbocycles. The van der Waals surface area contributed by atoms with Gasteiger partial charge >= 0.3 is 12.4 Å². The fraction of sp³-hybridized carbons (Fsp3) is 0.533. The summed E-state index contributed by atoms with van der Waals surface area (Å²) in [5, 5.41) is 11.7. The first kappa shape index (κ1) is 32.2. The molecule has 0 amide bonds. The number of methoxy groups -OCH3 is 1. The molecule has 1 saturated carbocycles. The second-order valence-electron chi connectivity index (χ2n) is 11.3. The fourth-order valence-corrected chi connectivity index (χ4v) is 5.62. The van der Waals surface area contributed by atoms with Crippen LogP contribution in [-0.4, -0.2) is 66.1 Å². The number of aromatic amines is 1. The molecule has 240 valence electrons. The van der Waals surface area contributed by atoms with E-state index in [0.29, 0.717) is 55.9 Å². The molecule has 1 aromatic heterocycles. The minimum atomic E-state index is -4.98. The lowest BCUT2D eigenvalue weighted by Gasteiger charge is -2.50. The Hall–Kier alpha value is -3.20. The summed E-state index contributed by atoms with van der Waals surface area (Å²) in [6, 6.07) is 11.1. The molecule has 2 fully saturated rings. The van der Waals surface area contributed by atoms with E-state index in [1.165, 1.54) is 6.92 Å². The zero-order chi connectivity index (χ0) is 31.7. The summed E-state index contributed by atoms with van der Waals surface area (Å²) in [5.41, 5.74) is -2.74. The highest BCUT2D eigenvalue weighted by Crippen LogP contribution is 2.44. The van der Waals surface area contributed by atoms with Gasteiger partial charge in [0.1, 0.15) is 11.2 Å². The predicted octanol–water partition coefficient (Wildman–Crippen LogP) is 6.31. The van der Waals surface area contributed by atoms with Crippen molar-refractivity contribution >= 4 is 5.82 Å². The van der Waals surface area contributed by atoms with Crippen molar-refractivity contribution in [3.63, 3.8) is 0 Å². The Morgan fingerprint density at radius 2 is 1.70 bits per heavy atom. The smallest absolute Gasteiger partial charge is 0.383 e. The SMILES string of the molecule is COCCN(Cc1n[nH]nc1N1CCO[C@H](O[C@H](C)c2cc(C(F)(F)F)cc(C(F)(F)F)c2)[C@]1(C)c1ccccc1)C1CC1. The summed E-state index contributed by atoms with van der Waals surface area (Å²) in [5.74, 6) is 0.558. The van der Waals surface area contributed by atoms with Gasteiger partial charge in [-0.25, -0.2) is 0 Å². The maximum Gasteiger partial charge on any atom is 0.416 e. The topological polar surface area (TPSA) is 75.7 Å². The lowest BCUT2D eigenvalue weighted by molar-refractivity contribution is -0.217. The van der Waals surface area contributed by atoms with Gasteiger partial charge in [-0.15, -0.1) is 5.10 Å². The number of rotatable bonds is 11. The maximum absolute atomic E-state index is 13.6. The highest BCUT2D eigenvalue weighted by Gasteiger charge is 2.49. The second kappa shape index (κ2) is 12.7. The van der Waals surface area contributed by atoms with Crippen LogP contribution < -0.4 is 4.90 Å². The average Bonchev–Trinajstić information content (AvgIpc) is 3.74. The molecule has 1 N–H and O–H groups in total. The first-order valence-corrected chi connectivity index (χ1v) is 14.3. The number of nitrogens with one attached hydrogen (secondary N) is 1. The van der Waals surface area contributed by atoms with Crippen molar-refractivity contribution in [2.24, 2.45) is 0 Å². The zero-order valence-corrected chi connectivity index (χ0v) is 24.6. The van der Waals surface area contributed by atoms with Gasteiger partial charge in [0.25, 0.3) is 0 Å². The van der Waals surface area contributed by atoms with E-state index in [1.807, 2.05) is 42.2 Å². The zero-order valence-electron chi connectivity index (χ0n) is 24.6. The van der Waals surface area contributed by atoms with E-state index in [2.05, 4.69) is 20.3 Å². The Balaban J connectivity index is 1.49. The highest BCUT2D eigenvalue weighted by molar-refractivity contribution is 5.50. The summed E-state index contributed by atoms with van der Waals surface area (Å²) in [6.07, 6.45) is -10.1. The van der Waals surface area contributed by atoms with Gasteiger partial charge in [0.05, 0.1) is 30.4 Å². The lowest BCUT2D eigenvalue weighted by atomic mass is 9.87. The molecule has 0 radical (unpaired) electrons. The first-order chi connectivity index (χ1) is 20.8. The van der Waals surface area contributed by atoms with Gasteiger partial charge in [0, 0.05) is 32.8 Å². The van der Waals surface area contributed by atoms with Gasteiger partial charge in [-0.2, -0.15) is 36.7 Å². The molecule has 0 spiro atoms. The Morgan fingerprint density at radius 3 is 2.30 bits per heavy atom. The Kier molecular flexibility index (Phi) is 9.26. The van der Waals surface area contributed by atoms with Crippen molar-refractivity contribution in [2.45, 2.75) is 69.6 Å². The van der Waals surface area contributed by atoms with Crippen LogP contribution >= 0.6 is 0 Å². The molecular formula is C30H35F6N5O3. The van der Waals surface area contributed by atoms with Crippen LogP contribution in [0.3, 0.4) is 0 Å². The van der Waals surface area contributed by atoms with Crippen LogP contribution in [0, 0.1) is 0 Å². The van der Waals surface area contributed by atoms with Gasteiger partial charge in [-0.1, -0.05) is 30.3 Å². The number of nitrogens with zero attached hydrogens (tertiary/aromatic N) is 4. The molecule has 3 aromatic rings. The number of hydrogen-bond donors (Lipinski definition) is 1. The molecule has 1 aliphatic heterocycles. The second-order valence-corrected chi connectivity index (χ2v) is 11.3. The molecule has 2 heterocycles. The van der Waals surface area contributed by atoms with Crippen LogP contribution in [0.25, 0.3) is 0 Å². The van der Waals surface area contributed by atoms with Gasteiger partial charge in [-0.05, 0) is 56.0 Å². The van der Waals surface area contributed by atoms with Crippen LogP contribution in [0.1, 0.15) is 60.7 Å². The van der Waals surface area contributed by atoms with Crippen LogP contribution in [0.2, 0.25) is 0 Å². The summed E-state index contributed by atoms with van der Waals surface area (Å²) in [7, 11) is 1.65. The minimum absolute atomic E-state index is 0.104. The third kappa shape index (κ3) is 6.87. The van der Waals surface area contributed by atoms with E-state index in [0.717, 1.165) is 18.4 Å². The van der Waals surface area contributed by atoms with Crippen LogP contribution in [0.5, 0.6) is 0 Å². The molecule has 2 aromatic carbocycles. The number of halogens is 6. The number of aromatic nitrogens is 3. The number of H-pyrrole nitrogens is 1. The molecule has 1 saturated heterocycles.